The Hall–Kier alpha value is -1.87. The Morgan fingerprint density at radius 3 is 2.95 bits per heavy atom. The molecule has 1 aromatic heterocycles. The molecule has 1 N–H and O–H groups in total. The standard InChI is InChI=1S/C15H15ClN2O/c1-11-3-2-4-12(9-11)5-8-18-15(19)13-10-17-7-6-14(13)16/h2-4,6-7,9-10H,5,8H2,1H3,(H,18,19). The molecule has 0 saturated carbocycles. The average molecular weight is 275 g/mol. The zero-order valence-electron chi connectivity index (χ0n) is 10.7. The van der Waals surface area contributed by atoms with E-state index in [1.807, 2.05) is 6.07 Å². The Morgan fingerprint density at radius 2 is 2.21 bits per heavy atom. The first-order valence-electron chi connectivity index (χ1n) is 6.10. The molecule has 1 heterocycles. The monoisotopic (exact) mass is 274 g/mol. The van der Waals surface area contributed by atoms with Crippen LogP contribution in [0.2, 0.25) is 5.02 Å². The van der Waals surface area contributed by atoms with Gasteiger partial charge in [-0.15, -0.1) is 0 Å². The predicted molar refractivity (Wildman–Crippen MR) is 76.5 cm³/mol. The van der Waals surface area contributed by atoms with Crippen LogP contribution in [0.25, 0.3) is 0 Å². The van der Waals surface area contributed by atoms with E-state index in [2.05, 4.69) is 35.4 Å². The van der Waals surface area contributed by atoms with Crippen molar-refractivity contribution in [2.75, 3.05) is 6.54 Å². The molecule has 0 atom stereocenters. The summed E-state index contributed by atoms with van der Waals surface area (Å²) in [6.45, 7) is 2.63. The maximum Gasteiger partial charge on any atom is 0.254 e. The first-order chi connectivity index (χ1) is 9.16. The molecule has 0 unspecified atom stereocenters. The van der Waals surface area contributed by atoms with Crippen molar-refractivity contribution in [2.24, 2.45) is 0 Å². The molecule has 3 nitrogen and oxygen atoms in total. The predicted octanol–water partition coefficient (Wildman–Crippen LogP) is 3.02. The van der Waals surface area contributed by atoms with Gasteiger partial charge >= 0.3 is 0 Å². The first-order valence-corrected chi connectivity index (χ1v) is 6.48. The van der Waals surface area contributed by atoms with Crippen LogP contribution < -0.4 is 5.32 Å². The smallest absolute Gasteiger partial charge is 0.254 e. The van der Waals surface area contributed by atoms with Crippen molar-refractivity contribution in [1.29, 1.82) is 0 Å². The number of hydrogen-bond donors (Lipinski definition) is 1. The molecular weight excluding hydrogens is 260 g/mol. The minimum atomic E-state index is -0.189. The number of rotatable bonds is 4. The van der Waals surface area contributed by atoms with E-state index in [-0.39, 0.29) is 5.91 Å². The molecule has 19 heavy (non-hydrogen) atoms. The van der Waals surface area contributed by atoms with Gasteiger partial charge in [0.25, 0.3) is 5.91 Å². The quantitative estimate of drug-likeness (QED) is 0.931. The maximum absolute atomic E-state index is 11.9. The molecule has 0 aliphatic heterocycles. The Kier molecular flexibility index (Phi) is 4.53. The lowest BCUT2D eigenvalue weighted by molar-refractivity contribution is 0.0954. The molecular formula is C15H15ClN2O. The van der Waals surface area contributed by atoms with Gasteiger partial charge in [-0.2, -0.15) is 0 Å². The van der Waals surface area contributed by atoms with Crippen LogP contribution in [-0.2, 0) is 6.42 Å². The van der Waals surface area contributed by atoms with Crippen molar-refractivity contribution >= 4 is 17.5 Å². The number of benzene rings is 1. The van der Waals surface area contributed by atoms with Gasteiger partial charge in [0, 0.05) is 18.9 Å². The minimum absolute atomic E-state index is 0.189. The van der Waals surface area contributed by atoms with Crippen molar-refractivity contribution in [3.8, 4) is 0 Å². The molecule has 2 aromatic rings. The zero-order valence-corrected chi connectivity index (χ0v) is 11.4. The number of amides is 1. The lowest BCUT2D eigenvalue weighted by atomic mass is 10.1. The van der Waals surface area contributed by atoms with Crippen LogP contribution in [0.1, 0.15) is 21.5 Å². The van der Waals surface area contributed by atoms with Gasteiger partial charge in [0.2, 0.25) is 0 Å². The van der Waals surface area contributed by atoms with Gasteiger partial charge in [0.15, 0.2) is 0 Å². The van der Waals surface area contributed by atoms with E-state index in [9.17, 15) is 4.79 Å². The highest BCUT2D eigenvalue weighted by molar-refractivity contribution is 6.33. The van der Waals surface area contributed by atoms with Crippen LogP contribution >= 0.6 is 11.6 Å². The van der Waals surface area contributed by atoms with Gasteiger partial charge in [-0.05, 0) is 25.0 Å². The van der Waals surface area contributed by atoms with E-state index >= 15 is 0 Å². The van der Waals surface area contributed by atoms with Crippen molar-refractivity contribution in [3.05, 3.63) is 64.4 Å². The molecule has 2 rings (SSSR count). The van der Waals surface area contributed by atoms with Gasteiger partial charge in [-0.3, -0.25) is 9.78 Å². The molecule has 0 aliphatic carbocycles. The number of hydrogen-bond acceptors (Lipinski definition) is 2. The SMILES string of the molecule is Cc1cccc(CCNC(=O)c2cnccc2Cl)c1. The molecule has 4 heteroatoms. The summed E-state index contributed by atoms with van der Waals surface area (Å²) in [6, 6.07) is 9.85. The van der Waals surface area contributed by atoms with Crippen molar-refractivity contribution in [1.82, 2.24) is 10.3 Å². The van der Waals surface area contributed by atoms with Crippen LogP contribution in [0.5, 0.6) is 0 Å². The van der Waals surface area contributed by atoms with Gasteiger partial charge in [0.05, 0.1) is 10.6 Å². The molecule has 0 spiro atoms. The molecule has 98 valence electrons. The second-order valence-electron chi connectivity index (χ2n) is 4.35. The van der Waals surface area contributed by atoms with Gasteiger partial charge < -0.3 is 5.32 Å². The Morgan fingerprint density at radius 1 is 1.37 bits per heavy atom. The fraction of sp³-hybridized carbons (Fsp3) is 0.200. The Labute approximate surface area is 117 Å². The summed E-state index contributed by atoms with van der Waals surface area (Å²) < 4.78 is 0. The van der Waals surface area contributed by atoms with E-state index in [0.29, 0.717) is 17.1 Å². The number of nitrogens with zero attached hydrogens (tertiary/aromatic N) is 1. The molecule has 0 saturated heterocycles. The van der Waals surface area contributed by atoms with Gasteiger partial charge in [0.1, 0.15) is 0 Å². The minimum Gasteiger partial charge on any atom is -0.352 e. The molecule has 0 bridgehead atoms. The summed E-state index contributed by atoms with van der Waals surface area (Å²) >= 11 is 5.93. The Balaban J connectivity index is 1.90. The van der Waals surface area contributed by atoms with Gasteiger partial charge in [-0.1, -0.05) is 41.4 Å². The van der Waals surface area contributed by atoms with Crippen molar-refractivity contribution < 1.29 is 4.79 Å². The summed E-state index contributed by atoms with van der Waals surface area (Å²) in [7, 11) is 0. The summed E-state index contributed by atoms with van der Waals surface area (Å²) in [5.74, 6) is -0.189. The third kappa shape index (κ3) is 3.80. The number of carbonyl (C=O) groups excluding carboxylic acids is 1. The van der Waals surface area contributed by atoms with Crippen molar-refractivity contribution in [3.63, 3.8) is 0 Å². The molecule has 1 amide bonds. The fourth-order valence-corrected chi connectivity index (χ4v) is 2.02. The number of aromatic nitrogens is 1. The van der Waals surface area contributed by atoms with Crippen LogP contribution in [0, 0.1) is 6.92 Å². The Bertz CT molecular complexity index is 584. The van der Waals surface area contributed by atoms with E-state index in [0.717, 1.165) is 6.42 Å². The summed E-state index contributed by atoms with van der Waals surface area (Å²) in [4.78, 5) is 15.8. The molecule has 0 radical (unpaired) electrons. The second-order valence-corrected chi connectivity index (χ2v) is 4.76. The van der Waals surface area contributed by atoms with Crippen molar-refractivity contribution in [2.45, 2.75) is 13.3 Å². The van der Waals surface area contributed by atoms with E-state index in [1.54, 1.807) is 12.3 Å². The number of aryl methyl sites for hydroxylation is 1. The highest BCUT2D eigenvalue weighted by atomic mass is 35.5. The topological polar surface area (TPSA) is 42.0 Å². The first kappa shape index (κ1) is 13.6. The summed E-state index contributed by atoms with van der Waals surface area (Å²) in [6.07, 6.45) is 3.83. The van der Waals surface area contributed by atoms with Crippen LogP contribution in [0.4, 0.5) is 0 Å². The molecule has 0 aliphatic rings. The van der Waals surface area contributed by atoms with Gasteiger partial charge in [-0.25, -0.2) is 0 Å². The normalized spacial score (nSPS) is 10.2. The van der Waals surface area contributed by atoms with Crippen LogP contribution in [0.15, 0.2) is 42.7 Å². The second kappa shape index (κ2) is 6.34. The maximum atomic E-state index is 11.9. The lowest BCUT2D eigenvalue weighted by Gasteiger charge is -2.06. The molecule has 0 fully saturated rings. The van der Waals surface area contributed by atoms with E-state index < -0.39 is 0 Å². The third-order valence-electron chi connectivity index (χ3n) is 2.79. The highest BCUT2D eigenvalue weighted by Crippen LogP contribution is 2.13. The van der Waals surface area contributed by atoms with Crippen LogP contribution in [0.3, 0.4) is 0 Å². The number of nitrogens with one attached hydrogen (secondary N) is 1. The van der Waals surface area contributed by atoms with Crippen LogP contribution in [-0.4, -0.2) is 17.4 Å². The number of pyridine rings is 1. The number of halogens is 1. The fourth-order valence-electron chi connectivity index (χ4n) is 1.83. The van der Waals surface area contributed by atoms with E-state index in [4.69, 9.17) is 11.6 Å². The summed E-state index contributed by atoms with van der Waals surface area (Å²) in [5.41, 5.74) is 2.84. The van der Waals surface area contributed by atoms with E-state index in [1.165, 1.54) is 17.3 Å². The number of carbonyl (C=O) groups is 1. The zero-order chi connectivity index (χ0) is 13.7. The third-order valence-corrected chi connectivity index (χ3v) is 3.12. The largest absolute Gasteiger partial charge is 0.352 e. The highest BCUT2D eigenvalue weighted by Gasteiger charge is 2.09. The lowest BCUT2D eigenvalue weighted by Crippen LogP contribution is -2.26. The average Bonchev–Trinajstić information content (AvgIpc) is 2.39. The molecule has 1 aromatic carbocycles. The summed E-state index contributed by atoms with van der Waals surface area (Å²) in [5, 5.41) is 3.26.